The van der Waals surface area contributed by atoms with Gasteiger partial charge in [-0.15, -0.1) is 0 Å². The maximum Gasteiger partial charge on any atom is 0.472 e. The molecule has 0 aromatic rings. The highest BCUT2D eigenvalue weighted by Crippen LogP contribution is 2.43. The number of carbonyl (C=O) groups is 2. The quantitative estimate of drug-likeness (QED) is 0.0264. The fourth-order valence-corrected chi connectivity index (χ4v) is 8.17. The zero-order valence-electron chi connectivity index (χ0n) is 42.4. The van der Waals surface area contributed by atoms with E-state index in [1.54, 1.807) is 0 Å². The third-order valence-electron chi connectivity index (χ3n) is 11.4. The van der Waals surface area contributed by atoms with E-state index >= 15 is 0 Å². The van der Waals surface area contributed by atoms with Gasteiger partial charge in [-0.05, 0) is 64.2 Å². The van der Waals surface area contributed by atoms with Crippen LogP contribution < -0.4 is 5.73 Å². The van der Waals surface area contributed by atoms with Crippen LogP contribution in [0.15, 0.2) is 72.9 Å². The van der Waals surface area contributed by atoms with Crippen molar-refractivity contribution in [3.8, 4) is 0 Å². The van der Waals surface area contributed by atoms with Gasteiger partial charge in [-0.1, -0.05) is 234 Å². The maximum absolute atomic E-state index is 12.6. The molecule has 0 spiro atoms. The Balaban J connectivity index is 4.07. The molecule has 0 aliphatic carbocycles. The van der Waals surface area contributed by atoms with Gasteiger partial charge in [0.2, 0.25) is 0 Å². The number of carbonyl (C=O) groups excluding carboxylic acids is 2. The van der Waals surface area contributed by atoms with Crippen molar-refractivity contribution in [2.75, 3.05) is 26.4 Å². The van der Waals surface area contributed by atoms with Gasteiger partial charge in [0.15, 0.2) is 6.10 Å². The van der Waals surface area contributed by atoms with E-state index < -0.39 is 32.5 Å². The first kappa shape index (κ1) is 63.5. The Kier molecular flexibility index (Phi) is 49.8. The highest BCUT2D eigenvalue weighted by Gasteiger charge is 2.26. The first-order valence-corrected chi connectivity index (χ1v) is 28.4. The topological polar surface area (TPSA) is 134 Å². The summed E-state index contributed by atoms with van der Waals surface area (Å²) in [4.78, 5) is 35.1. The van der Waals surface area contributed by atoms with Gasteiger partial charge in [-0.2, -0.15) is 0 Å². The Morgan fingerprint density at radius 2 is 0.833 bits per heavy atom. The van der Waals surface area contributed by atoms with Gasteiger partial charge >= 0.3 is 19.8 Å². The molecule has 382 valence electrons. The van der Waals surface area contributed by atoms with E-state index in [0.717, 1.165) is 70.6 Å². The third-order valence-corrected chi connectivity index (χ3v) is 12.3. The second-order valence-electron chi connectivity index (χ2n) is 17.7. The number of phosphoric acid groups is 1. The molecule has 0 amide bonds. The summed E-state index contributed by atoms with van der Waals surface area (Å²) in [7, 11) is -4.40. The molecule has 0 saturated heterocycles. The average molecular weight is 946 g/mol. The highest BCUT2D eigenvalue weighted by molar-refractivity contribution is 7.47. The zero-order chi connectivity index (χ0) is 48.1. The summed E-state index contributed by atoms with van der Waals surface area (Å²) in [6.45, 7) is 3.60. The van der Waals surface area contributed by atoms with Crippen LogP contribution in [0.5, 0.6) is 0 Å². The fourth-order valence-electron chi connectivity index (χ4n) is 7.40. The number of phosphoric ester groups is 1. The second-order valence-corrected chi connectivity index (χ2v) is 19.2. The van der Waals surface area contributed by atoms with E-state index in [1.807, 2.05) is 0 Å². The minimum absolute atomic E-state index is 0.0438. The molecule has 0 aromatic heterocycles. The molecule has 9 nitrogen and oxygen atoms in total. The smallest absolute Gasteiger partial charge is 0.462 e. The summed E-state index contributed by atoms with van der Waals surface area (Å²) in [5.41, 5.74) is 5.37. The molecule has 2 atom stereocenters. The standard InChI is InChI=1S/C56H100NO8P/c1-3-5-7-9-11-13-15-17-19-21-23-25-26-27-29-30-32-34-36-38-40-42-44-46-48-55(58)62-52-54(53-64-66(60,61)63-51-50-57)65-56(59)49-47-45-43-41-39-37-35-33-31-28-24-22-20-18-16-14-12-10-8-6-4-2/h6,8,12,14,18,20,24,28,33,35,39,41,54H,3-5,7,9-11,13,15-17,19,21-23,25-27,29-32,34,36-38,40,42-53,57H2,1-2H3,(H,60,61)/b8-6-,14-12-,20-18-,28-24-,35-33-,41-39-. The average Bonchev–Trinajstić information content (AvgIpc) is 3.31. The zero-order valence-corrected chi connectivity index (χ0v) is 43.3. The molecule has 0 heterocycles. The molecule has 2 unspecified atom stereocenters. The van der Waals surface area contributed by atoms with Crippen molar-refractivity contribution < 1.29 is 37.6 Å². The van der Waals surface area contributed by atoms with Crippen molar-refractivity contribution in [1.29, 1.82) is 0 Å². The van der Waals surface area contributed by atoms with Crippen LogP contribution in [0.1, 0.15) is 239 Å². The number of esters is 2. The van der Waals surface area contributed by atoms with Gasteiger partial charge in [0.25, 0.3) is 0 Å². The summed E-state index contributed by atoms with van der Waals surface area (Å²) in [5.74, 6) is -0.874. The lowest BCUT2D eigenvalue weighted by Crippen LogP contribution is -2.29. The van der Waals surface area contributed by atoms with Crippen LogP contribution in [0.3, 0.4) is 0 Å². The van der Waals surface area contributed by atoms with Crippen molar-refractivity contribution in [3.63, 3.8) is 0 Å². The minimum Gasteiger partial charge on any atom is -0.462 e. The van der Waals surface area contributed by atoms with Crippen molar-refractivity contribution in [2.45, 2.75) is 245 Å². The molecule has 3 N–H and O–H groups in total. The molecule has 0 rings (SSSR count). The molecule has 10 heteroatoms. The van der Waals surface area contributed by atoms with E-state index in [4.69, 9.17) is 24.3 Å². The SMILES string of the molecule is CC/C=C\C/C=C\C/C=C\C/C=C\C/C=C\C/C=C\CCCCC(=O)OC(COC(=O)CCCCCCCCCCCCCCCCCCCCCCCCCC)COP(=O)(O)OCCN. The molecule has 0 aromatic carbocycles. The number of unbranched alkanes of at least 4 members (excludes halogenated alkanes) is 25. The van der Waals surface area contributed by atoms with E-state index in [1.165, 1.54) is 135 Å². The van der Waals surface area contributed by atoms with Crippen LogP contribution in [0, 0.1) is 0 Å². The number of ether oxygens (including phenoxy) is 2. The molecule has 0 fully saturated rings. The van der Waals surface area contributed by atoms with Crippen molar-refractivity contribution in [1.82, 2.24) is 0 Å². The fraction of sp³-hybridized carbons (Fsp3) is 0.750. The number of hydrogen-bond donors (Lipinski definition) is 2. The second kappa shape index (κ2) is 51.8. The van der Waals surface area contributed by atoms with Crippen LogP contribution >= 0.6 is 7.82 Å². The van der Waals surface area contributed by atoms with Crippen molar-refractivity contribution >= 4 is 19.8 Å². The van der Waals surface area contributed by atoms with Gasteiger partial charge in [-0.25, -0.2) is 4.57 Å². The molecule has 0 aliphatic rings. The van der Waals surface area contributed by atoms with Gasteiger partial charge in [0.1, 0.15) is 6.61 Å². The Morgan fingerprint density at radius 1 is 0.470 bits per heavy atom. The predicted molar refractivity (Wildman–Crippen MR) is 279 cm³/mol. The maximum atomic E-state index is 12.6. The van der Waals surface area contributed by atoms with E-state index in [2.05, 4.69) is 86.8 Å². The van der Waals surface area contributed by atoms with Crippen molar-refractivity contribution in [3.05, 3.63) is 72.9 Å². The Bertz CT molecular complexity index is 1310. The van der Waals surface area contributed by atoms with Gasteiger partial charge in [0.05, 0.1) is 13.2 Å². The number of nitrogens with two attached hydrogens (primary N) is 1. The van der Waals surface area contributed by atoms with Crippen molar-refractivity contribution in [2.24, 2.45) is 5.73 Å². The third kappa shape index (κ3) is 50.9. The number of hydrogen-bond acceptors (Lipinski definition) is 8. The van der Waals surface area contributed by atoms with Gasteiger partial charge in [-0.3, -0.25) is 18.6 Å². The van der Waals surface area contributed by atoms with Crippen LogP contribution in [0.2, 0.25) is 0 Å². The minimum atomic E-state index is -4.40. The summed E-state index contributed by atoms with van der Waals surface area (Å²) >= 11 is 0. The molecule has 0 radical (unpaired) electrons. The highest BCUT2D eigenvalue weighted by atomic mass is 31.2. The first-order valence-electron chi connectivity index (χ1n) is 26.9. The lowest BCUT2D eigenvalue weighted by Gasteiger charge is -2.19. The summed E-state index contributed by atoms with van der Waals surface area (Å²) in [6.07, 6.45) is 65.3. The van der Waals surface area contributed by atoms with Crippen LogP contribution in [0.25, 0.3) is 0 Å². The van der Waals surface area contributed by atoms with Crippen LogP contribution in [0.4, 0.5) is 0 Å². The Labute approximate surface area is 405 Å². The van der Waals surface area contributed by atoms with E-state index in [-0.39, 0.29) is 32.6 Å². The molecular weight excluding hydrogens is 846 g/mol. The molecule has 66 heavy (non-hydrogen) atoms. The Hall–Kier alpha value is -2.55. The lowest BCUT2D eigenvalue weighted by atomic mass is 10.0. The summed E-state index contributed by atoms with van der Waals surface area (Å²) < 4.78 is 32.9. The molecule has 0 bridgehead atoms. The summed E-state index contributed by atoms with van der Waals surface area (Å²) in [6, 6.07) is 0. The molecule has 0 saturated carbocycles. The number of rotatable bonds is 50. The largest absolute Gasteiger partial charge is 0.472 e. The van der Waals surface area contributed by atoms with Crippen LogP contribution in [-0.4, -0.2) is 49.3 Å². The lowest BCUT2D eigenvalue weighted by molar-refractivity contribution is -0.161. The predicted octanol–water partition coefficient (Wildman–Crippen LogP) is 16.6. The normalized spacial score (nSPS) is 13.7. The monoisotopic (exact) mass is 946 g/mol. The summed E-state index contributed by atoms with van der Waals surface area (Å²) in [5, 5.41) is 0. The molecule has 0 aliphatic heterocycles. The van der Waals surface area contributed by atoms with Gasteiger partial charge < -0.3 is 20.1 Å². The first-order chi connectivity index (χ1) is 32.3. The van der Waals surface area contributed by atoms with Gasteiger partial charge in [0, 0.05) is 19.4 Å². The molecular formula is C56H100NO8P. The van der Waals surface area contributed by atoms with E-state index in [0.29, 0.717) is 6.42 Å². The number of allylic oxidation sites excluding steroid dienone is 12. The van der Waals surface area contributed by atoms with E-state index in [9.17, 15) is 19.0 Å². The van der Waals surface area contributed by atoms with Crippen LogP contribution in [-0.2, 0) is 32.7 Å². The Morgan fingerprint density at radius 3 is 1.24 bits per heavy atom.